The minimum atomic E-state index is -0.159. The minimum Gasteiger partial charge on any atom is -0.375 e. The molecule has 0 aromatic carbocycles. The van der Waals surface area contributed by atoms with Crippen LogP contribution in [0.2, 0.25) is 5.02 Å². The van der Waals surface area contributed by atoms with E-state index in [9.17, 15) is 0 Å². The lowest BCUT2D eigenvalue weighted by Gasteiger charge is -2.25. The van der Waals surface area contributed by atoms with E-state index in [1.807, 2.05) is 18.7 Å². The predicted octanol–water partition coefficient (Wildman–Crippen LogP) is 2.54. The highest BCUT2D eigenvalue weighted by Gasteiger charge is 2.18. The maximum Gasteiger partial charge on any atom is 0.0863 e. The van der Waals surface area contributed by atoms with Crippen molar-refractivity contribution in [2.75, 3.05) is 13.2 Å². The van der Waals surface area contributed by atoms with Gasteiger partial charge in [0.1, 0.15) is 0 Å². The molecule has 0 fully saturated rings. The van der Waals surface area contributed by atoms with Gasteiger partial charge in [-0.25, -0.2) is 0 Å². The van der Waals surface area contributed by atoms with Crippen molar-refractivity contribution in [3.05, 3.63) is 16.4 Å². The summed E-state index contributed by atoms with van der Waals surface area (Å²) in [4.78, 5) is 0. The van der Waals surface area contributed by atoms with Gasteiger partial charge in [0.15, 0.2) is 0 Å². The number of ether oxygens (including phenoxy) is 1. The van der Waals surface area contributed by atoms with Crippen molar-refractivity contribution < 1.29 is 4.74 Å². The first-order valence-corrected chi connectivity index (χ1v) is 6.84. The van der Waals surface area contributed by atoms with E-state index in [4.69, 9.17) is 16.3 Å². The van der Waals surface area contributed by atoms with E-state index in [1.54, 1.807) is 0 Å². The molecule has 0 aliphatic rings. The number of hydrogen-bond donors (Lipinski definition) is 1. The van der Waals surface area contributed by atoms with Crippen molar-refractivity contribution in [1.29, 1.82) is 0 Å². The number of nitrogens with one attached hydrogen (secondary N) is 1. The molecule has 1 rings (SSSR count). The Morgan fingerprint density at radius 2 is 2.06 bits per heavy atom. The molecule has 1 aromatic rings. The smallest absolute Gasteiger partial charge is 0.0863 e. The van der Waals surface area contributed by atoms with Gasteiger partial charge in [0.2, 0.25) is 0 Å². The van der Waals surface area contributed by atoms with E-state index in [0.29, 0.717) is 6.54 Å². The molecule has 0 radical (unpaired) electrons. The lowest BCUT2D eigenvalue weighted by atomic mass is 10.1. The summed E-state index contributed by atoms with van der Waals surface area (Å²) in [7, 11) is 1.93. The normalized spacial score (nSPS) is 12.1. The van der Waals surface area contributed by atoms with Crippen LogP contribution in [-0.2, 0) is 24.8 Å². The van der Waals surface area contributed by atoms with E-state index < -0.39 is 0 Å². The second-order valence-electron chi connectivity index (χ2n) is 4.98. The second-order valence-corrected chi connectivity index (χ2v) is 5.36. The van der Waals surface area contributed by atoms with Gasteiger partial charge in [0.25, 0.3) is 0 Å². The molecule has 1 N–H and O–H groups in total. The zero-order valence-electron chi connectivity index (χ0n) is 12.0. The number of nitrogens with zero attached hydrogens (tertiary/aromatic N) is 2. The third-order valence-electron chi connectivity index (χ3n) is 2.88. The molecule has 0 aliphatic heterocycles. The second kappa shape index (κ2) is 6.55. The Kier molecular flexibility index (Phi) is 5.63. The zero-order chi connectivity index (χ0) is 13.8. The van der Waals surface area contributed by atoms with Gasteiger partial charge in [-0.2, -0.15) is 5.10 Å². The summed E-state index contributed by atoms with van der Waals surface area (Å²) in [6.07, 6.45) is 0.858. The van der Waals surface area contributed by atoms with Crippen LogP contribution >= 0.6 is 11.6 Å². The summed E-state index contributed by atoms with van der Waals surface area (Å²) in [6.45, 7) is 10.4. The largest absolute Gasteiger partial charge is 0.375 e. The molecule has 0 amide bonds. The fourth-order valence-corrected chi connectivity index (χ4v) is 2.30. The predicted molar refractivity (Wildman–Crippen MR) is 75.0 cm³/mol. The maximum atomic E-state index is 6.29. The Labute approximate surface area is 115 Å². The molecular formula is C13H24ClN3O. The Hall–Kier alpha value is -0.580. The van der Waals surface area contributed by atoms with Crippen molar-refractivity contribution in [3.63, 3.8) is 0 Å². The molecule has 0 aliphatic carbocycles. The number of hydrogen-bond acceptors (Lipinski definition) is 3. The average Bonchev–Trinajstić information content (AvgIpc) is 2.55. The highest BCUT2D eigenvalue weighted by molar-refractivity contribution is 6.31. The highest BCUT2D eigenvalue weighted by atomic mass is 35.5. The van der Waals surface area contributed by atoms with E-state index in [1.165, 1.54) is 0 Å². The van der Waals surface area contributed by atoms with Gasteiger partial charge in [-0.05, 0) is 27.2 Å². The molecule has 1 heterocycles. The van der Waals surface area contributed by atoms with Crippen molar-refractivity contribution in [3.8, 4) is 0 Å². The third-order valence-corrected chi connectivity index (χ3v) is 3.32. The number of halogens is 1. The average molecular weight is 274 g/mol. The Balaban J connectivity index is 2.56. The monoisotopic (exact) mass is 273 g/mol. The molecule has 104 valence electrons. The molecule has 0 saturated carbocycles. The van der Waals surface area contributed by atoms with Crippen LogP contribution in [-0.4, -0.2) is 28.5 Å². The fourth-order valence-electron chi connectivity index (χ4n) is 1.94. The summed E-state index contributed by atoms with van der Waals surface area (Å²) in [5.41, 5.74) is 1.83. The summed E-state index contributed by atoms with van der Waals surface area (Å²) in [5, 5.41) is 8.55. The molecule has 0 spiro atoms. The van der Waals surface area contributed by atoms with Crippen LogP contribution in [0.5, 0.6) is 0 Å². The Bertz CT molecular complexity index is 388. The third kappa shape index (κ3) is 3.97. The molecule has 1 aromatic heterocycles. The van der Waals surface area contributed by atoms with Crippen molar-refractivity contribution >= 4 is 11.6 Å². The van der Waals surface area contributed by atoms with Crippen LogP contribution < -0.4 is 5.32 Å². The van der Waals surface area contributed by atoms with Gasteiger partial charge >= 0.3 is 0 Å². The minimum absolute atomic E-state index is 0.159. The molecule has 0 saturated heterocycles. The Morgan fingerprint density at radius 1 is 1.39 bits per heavy atom. The first-order valence-electron chi connectivity index (χ1n) is 6.46. The standard InChI is InChI=1S/C13H24ClN3O/c1-6-10-12(14)11(17(5)16-10)8-15-9-13(3,4)18-7-2/h15H,6-9H2,1-5H3. The summed E-state index contributed by atoms with van der Waals surface area (Å²) >= 11 is 6.29. The SMILES string of the molecule is CCOC(C)(C)CNCc1c(Cl)c(CC)nn1C. The topological polar surface area (TPSA) is 39.1 Å². The molecule has 5 heteroatoms. The van der Waals surface area contributed by atoms with Crippen LogP contribution in [0.1, 0.15) is 39.1 Å². The highest BCUT2D eigenvalue weighted by Crippen LogP contribution is 2.20. The summed E-state index contributed by atoms with van der Waals surface area (Å²) in [6, 6.07) is 0. The molecule has 0 atom stereocenters. The van der Waals surface area contributed by atoms with Gasteiger partial charge in [-0.1, -0.05) is 18.5 Å². The first kappa shape index (κ1) is 15.5. The molecular weight excluding hydrogens is 250 g/mol. The number of aromatic nitrogens is 2. The lowest BCUT2D eigenvalue weighted by Crippen LogP contribution is -2.37. The first-order chi connectivity index (χ1) is 8.41. The fraction of sp³-hybridized carbons (Fsp3) is 0.769. The number of rotatable bonds is 7. The van der Waals surface area contributed by atoms with Gasteiger partial charge in [-0.3, -0.25) is 4.68 Å². The van der Waals surface area contributed by atoms with Crippen molar-refractivity contribution in [2.45, 2.75) is 46.3 Å². The van der Waals surface area contributed by atoms with Crippen LogP contribution in [0, 0.1) is 0 Å². The lowest BCUT2D eigenvalue weighted by molar-refractivity contribution is -0.00906. The van der Waals surface area contributed by atoms with Gasteiger partial charge in [0, 0.05) is 26.7 Å². The Morgan fingerprint density at radius 3 is 2.56 bits per heavy atom. The van der Waals surface area contributed by atoms with Gasteiger partial charge in [0.05, 0.1) is 22.0 Å². The van der Waals surface area contributed by atoms with E-state index in [2.05, 4.69) is 31.2 Å². The van der Waals surface area contributed by atoms with Crippen LogP contribution in [0.4, 0.5) is 0 Å². The molecule has 4 nitrogen and oxygen atoms in total. The van der Waals surface area contributed by atoms with Gasteiger partial charge < -0.3 is 10.1 Å². The van der Waals surface area contributed by atoms with E-state index in [0.717, 1.165) is 36.0 Å². The summed E-state index contributed by atoms with van der Waals surface area (Å²) < 4.78 is 7.49. The maximum absolute atomic E-state index is 6.29. The van der Waals surface area contributed by atoms with Crippen LogP contribution in [0.15, 0.2) is 0 Å². The van der Waals surface area contributed by atoms with E-state index in [-0.39, 0.29) is 5.60 Å². The molecule has 18 heavy (non-hydrogen) atoms. The van der Waals surface area contributed by atoms with Crippen molar-refractivity contribution in [1.82, 2.24) is 15.1 Å². The van der Waals surface area contributed by atoms with Crippen LogP contribution in [0.25, 0.3) is 0 Å². The van der Waals surface area contributed by atoms with Crippen molar-refractivity contribution in [2.24, 2.45) is 7.05 Å². The zero-order valence-corrected chi connectivity index (χ0v) is 12.8. The van der Waals surface area contributed by atoms with Gasteiger partial charge in [-0.15, -0.1) is 0 Å². The molecule has 0 bridgehead atoms. The summed E-state index contributed by atoms with van der Waals surface area (Å²) in [5.74, 6) is 0. The van der Waals surface area contributed by atoms with Crippen LogP contribution in [0.3, 0.4) is 0 Å². The van der Waals surface area contributed by atoms with E-state index >= 15 is 0 Å². The number of aryl methyl sites for hydroxylation is 2. The quantitative estimate of drug-likeness (QED) is 0.830. The molecule has 0 unspecified atom stereocenters.